The second kappa shape index (κ2) is 10.7. The van der Waals surface area contributed by atoms with Crippen LogP contribution in [0.3, 0.4) is 0 Å². The van der Waals surface area contributed by atoms with Crippen molar-refractivity contribution in [2.75, 3.05) is 0 Å². The molecule has 0 spiro atoms. The normalized spacial score (nSPS) is 14.8. The van der Waals surface area contributed by atoms with Gasteiger partial charge in [-0.1, -0.05) is 107 Å². The number of benzene rings is 3. The van der Waals surface area contributed by atoms with E-state index in [4.69, 9.17) is 4.98 Å². The van der Waals surface area contributed by atoms with Crippen molar-refractivity contribution >= 4 is 46.9 Å². The van der Waals surface area contributed by atoms with Gasteiger partial charge in [0.15, 0.2) is 5.78 Å². The molecule has 6 heteroatoms. The first-order chi connectivity index (χ1) is 18.2. The van der Waals surface area contributed by atoms with E-state index in [0.29, 0.717) is 0 Å². The monoisotopic (exact) mass is 743 g/mol. The first-order valence-corrected chi connectivity index (χ1v) is 17.2. The Kier molecular flexibility index (Phi) is 8.16. The van der Waals surface area contributed by atoms with Crippen LogP contribution in [-0.2, 0) is 24.9 Å². The number of carbonyl (C=O) groups is 1. The molecule has 0 aliphatic carbocycles. The average molecular weight is 743 g/mol. The van der Waals surface area contributed by atoms with Crippen LogP contribution in [0, 0.1) is 16.9 Å². The molecule has 40 heavy (non-hydrogen) atoms. The molecule has 4 aromatic rings. The minimum atomic E-state index is -1.66. The molecule has 0 unspecified atom stereocenters. The van der Waals surface area contributed by atoms with Crippen LogP contribution < -0.4 is 10.4 Å². The minimum absolute atomic E-state index is 0. The fourth-order valence-electron chi connectivity index (χ4n) is 5.03. The van der Waals surface area contributed by atoms with Crippen LogP contribution in [-0.4, -0.2) is 23.9 Å². The third-order valence-corrected chi connectivity index (χ3v) is 12.2. The smallest absolute Gasteiger partial charge is 0.164 e. The molecular weight excluding hydrogens is 707 g/mol. The van der Waals surface area contributed by atoms with Crippen molar-refractivity contribution < 1.29 is 30.0 Å². The molecule has 2 aliphatic heterocycles. The predicted octanol–water partition coefficient (Wildman–Crippen LogP) is 8.06. The Hall–Kier alpha value is -2.50. The van der Waals surface area contributed by atoms with E-state index < -0.39 is 13.5 Å². The molecule has 0 fully saturated rings. The van der Waals surface area contributed by atoms with Crippen LogP contribution in [0.4, 0.5) is 0 Å². The molecule has 0 saturated heterocycles. The maximum atomic E-state index is 11.5. The molecule has 1 aromatic heterocycles. The Balaban J connectivity index is 0.000000229. The predicted molar refractivity (Wildman–Crippen MR) is 167 cm³/mol. The Morgan fingerprint density at radius 1 is 0.900 bits per heavy atom. The Bertz CT molecular complexity index is 1660. The van der Waals surface area contributed by atoms with Crippen LogP contribution in [0.25, 0.3) is 33.3 Å². The Labute approximate surface area is 256 Å². The first-order valence-electron chi connectivity index (χ1n) is 13.4. The van der Waals surface area contributed by atoms with Crippen LogP contribution in [0.15, 0.2) is 82.3 Å². The molecule has 1 radical (unpaired) electrons. The van der Waals surface area contributed by atoms with Crippen LogP contribution in [0.2, 0.25) is 13.1 Å². The van der Waals surface area contributed by atoms with Crippen molar-refractivity contribution in [2.45, 2.75) is 64.4 Å². The summed E-state index contributed by atoms with van der Waals surface area (Å²) in [5.74, 6) is 0.104. The van der Waals surface area contributed by atoms with E-state index in [9.17, 15) is 9.90 Å². The zero-order valence-electron chi connectivity index (χ0n) is 24.4. The molecule has 209 valence electrons. The number of aromatic nitrogens is 1. The summed E-state index contributed by atoms with van der Waals surface area (Å²) in [7, 11) is -1.66. The van der Waals surface area contributed by atoms with Crippen molar-refractivity contribution in [3.05, 3.63) is 78.6 Å². The van der Waals surface area contributed by atoms with Gasteiger partial charge in [0.1, 0.15) is 5.76 Å². The number of hydrogen-bond acceptors (Lipinski definition) is 4. The van der Waals surface area contributed by atoms with Crippen LogP contribution in [0.5, 0.6) is 0 Å². The van der Waals surface area contributed by atoms with Crippen molar-refractivity contribution in [1.29, 1.82) is 0 Å². The standard InChI is InChI=1S/C23H16NSSi.C11H20O2.Ir/c1-26(2)19-11-5-8-15-21(19)22-17(10-6-12-20(22)26)25-18-13-14-7-3-4-9-16(14)24-23(15)18;1-10(2,3)8(12)7-9(13)11(4,5)6;/h3-7,9-13H,1-2H3;7,12H,1-6H3;/q-1;;/b;8-7-;. The molecule has 3 aromatic carbocycles. The van der Waals surface area contributed by atoms with Gasteiger partial charge >= 0.3 is 0 Å². The number of carbonyl (C=O) groups excluding carboxylic acids is 1. The van der Waals surface area contributed by atoms with Gasteiger partial charge in [-0.2, -0.15) is 0 Å². The quantitative estimate of drug-likeness (QED) is 0.0818. The summed E-state index contributed by atoms with van der Waals surface area (Å²) < 4.78 is 0. The summed E-state index contributed by atoms with van der Waals surface area (Å²) in [6, 6.07) is 25.5. The molecular formula is C34H36IrNO2SSi-. The molecule has 0 amide bonds. The van der Waals surface area contributed by atoms with Crippen molar-refractivity contribution in [3.63, 3.8) is 0 Å². The van der Waals surface area contributed by atoms with Crippen LogP contribution >= 0.6 is 11.8 Å². The third kappa shape index (κ3) is 5.39. The maximum absolute atomic E-state index is 11.5. The SMILES string of the molecule is CC(C)(C)C(=O)/C=C(\O)C(C)(C)C.C[Si]1(C)c2cc[c-]c3c2-c2c(cccc21)Sc1cc2ccccc2nc1-3.[Ir]. The number of ketones is 1. The largest absolute Gasteiger partial charge is 0.512 e. The number of para-hydroxylation sites is 1. The van der Waals surface area contributed by atoms with Gasteiger partial charge in [0, 0.05) is 47.6 Å². The van der Waals surface area contributed by atoms with Crippen molar-refractivity contribution in [2.24, 2.45) is 10.8 Å². The maximum Gasteiger partial charge on any atom is 0.164 e. The summed E-state index contributed by atoms with van der Waals surface area (Å²) in [6.07, 6.45) is 1.33. The molecule has 0 atom stereocenters. The number of aliphatic hydroxyl groups excluding tert-OH is 1. The van der Waals surface area contributed by atoms with Crippen molar-refractivity contribution in [1.82, 2.24) is 4.98 Å². The Morgan fingerprint density at radius 2 is 1.57 bits per heavy atom. The molecule has 3 heterocycles. The van der Waals surface area contributed by atoms with Gasteiger partial charge in [0.05, 0.1) is 13.6 Å². The van der Waals surface area contributed by atoms with Gasteiger partial charge in [-0.15, -0.1) is 28.9 Å². The number of hydrogen-bond donors (Lipinski definition) is 1. The summed E-state index contributed by atoms with van der Waals surface area (Å²) in [5, 5.41) is 13.8. The first kappa shape index (κ1) is 30.5. The molecule has 1 N–H and O–H groups in total. The van der Waals surface area contributed by atoms with E-state index in [0.717, 1.165) is 11.2 Å². The number of pyridine rings is 1. The molecule has 3 nitrogen and oxygen atoms in total. The number of rotatable bonds is 1. The van der Waals surface area contributed by atoms with E-state index in [1.165, 1.54) is 43.1 Å². The average Bonchev–Trinajstić information content (AvgIpc) is 3.01. The number of nitrogens with zero attached hydrogens (tertiary/aromatic N) is 1. The zero-order chi connectivity index (χ0) is 28.3. The minimum Gasteiger partial charge on any atom is -0.512 e. The van der Waals surface area contributed by atoms with Gasteiger partial charge in [0.2, 0.25) is 0 Å². The van der Waals surface area contributed by atoms with Gasteiger partial charge in [-0.05, 0) is 34.0 Å². The van der Waals surface area contributed by atoms with Crippen molar-refractivity contribution in [3.8, 4) is 22.4 Å². The van der Waals surface area contributed by atoms with E-state index in [2.05, 4.69) is 79.8 Å². The summed E-state index contributed by atoms with van der Waals surface area (Å²) in [4.78, 5) is 19.2. The second-order valence-electron chi connectivity index (χ2n) is 13.0. The molecule has 0 saturated carbocycles. The third-order valence-electron chi connectivity index (χ3n) is 7.54. The summed E-state index contributed by atoms with van der Waals surface area (Å²) >= 11 is 1.86. The number of allylic oxidation sites excluding steroid dienone is 2. The van der Waals surface area contributed by atoms with Gasteiger partial charge in [0.25, 0.3) is 0 Å². The fraction of sp³-hybridized carbons (Fsp3) is 0.294. The van der Waals surface area contributed by atoms with Gasteiger partial charge in [-0.3, -0.25) is 9.78 Å². The number of aliphatic hydroxyl groups is 1. The fourth-order valence-corrected chi connectivity index (χ4v) is 9.32. The Morgan fingerprint density at radius 3 is 2.25 bits per heavy atom. The number of fused-ring (bicyclic) bond motifs is 3. The zero-order valence-corrected chi connectivity index (χ0v) is 28.6. The van der Waals surface area contributed by atoms with E-state index in [-0.39, 0.29) is 37.1 Å². The van der Waals surface area contributed by atoms with Crippen LogP contribution in [0.1, 0.15) is 41.5 Å². The molecule has 6 rings (SSSR count). The summed E-state index contributed by atoms with van der Waals surface area (Å²) in [6.45, 7) is 16.0. The molecule has 2 aliphatic rings. The van der Waals surface area contributed by atoms with Gasteiger partial charge in [-0.25, -0.2) is 0 Å². The topological polar surface area (TPSA) is 50.2 Å². The molecule has 0 bridgehead atoms. The summed E-state index contributed by atoms with van der Waals surface area (Å²) in [5.41, 5.74) is 5.39. The van der Waals surface area contributed by atoms with E-state index in [1.54, 1.807) is 5.19 Å². The van der Waals surface area contributed by atoms with Gasteiger partial charge < -0.3 is 5.11 Å². The second-order valence-corrected chi connectivity index (χ2v) is 18.4. The van der Waals surface area contributed by atoms with E-state index >= 15 is 0 Å². The van der Waals surface area contributed by atoms with E-state index in [1.807, 2.05) is 53.3 Å².